The molecular formula is C14H17ClN2. The maximum Gasteiger partial charge on any atom is 0.0484 e. The largest absolute Gasteiger partial charge is 0.314 e. The summed E-state index contributed by atoms with van der Waals surface area (Å²) in [5.41, 5.74) is 0. The highest BCUT2D eigenvalue weighted by Crippen LogP contribution is 2.21. The highest BCUT2D eigenvalue weighted by atomic mass is 35.5. The monoisotopic (exact) mass is 248 g/mol. The third kappa shape index (κ3) is 3.70. The van der Waals surface area contributed by atoms with Crippen LogP contribution in [-0.4, -0.2) is 26.2 Å². The van der Waals surface area contributed by atoms with Crippen molar-refractivity contribution in [3.63, 3.8) is 0 Å². The average molecular weight is 249 g/mol. The second-order valence-corrected chi connectivity index (χ2v) is 4.37. The summed E-state index contributed by atoms with van der Waals surface area (Å²) in [6, 6.07) is 14.0. The zero-order valence-corrected chi connectivity index (χ0v) is 10.5. The van der Waals surface area contributed by atoms with Gasteiger partial charge in [0.1, 0.15) is 0 Å². The van der Waals surface area contributed by atoms with Gasteiger partial charge in [0.25, 0.3) is 0 Å². The molecule has 1 aliphatic heterocycles. The molecule has 1 heterocycles. The topological polar surface area (TPSA) is 24.1 Å². The molecule has 2 N–H and O–H groups in total. The van der Waals surface area contributed by atoms with Gasteiger partial charge in [0.05, 0.1) is 0 Å². The predicted molar refractivity (Wildman–Crippen MR) is 74.7 cm³/mol. The highest BCUT2D eigenvalue weighted by Gasteiger charge is 1.94. The van der Waals surface area contributed by atoms with E-state index in [0.717, 1.165) is 36.6 Å². The molecule has 0 aliphatic carbocycles. The summed E-state index contributed by atoms with van der Waals surface area (Å²) in [5, 5.41) is 9.58. The van der Waals surface area contributed by atoms with E-state index in [1.54, 1.807) is 0 Å². The number of rotatable bonds is 0. The number of hydrogen-bond donors (Lipinski definition) is 2. The van der Waals surface area contributed by atoms with Gasteiger partial charge in [0.15, 0.2) is 0 Å². The first-order valence-corrected chi connectivity index (χ1v) is 6.30. The Morgan fingerprint density at radius 1 is 0.765 bits per heavy atom. The van der Waals surface area contributed by atoms with Crippen molar-refractivity contribution >= 4 is 22.4 Å². The van der Waals surface area contributed by atoms with Crippen molar-refractivity contribution in [3.8, 4) is 0 Å². The van der Waals surface area contributed by atoms with Crippen LogP contribution < -0.4 is 10.6 Å². The van der Waals surface area contributed by atoms with Gasteiger partial charge in [-0.1, -0.05) is 48.0 Å². The Morgan fingerprint density at radius 3 is 1.94 bits per heavy atom. The maximum atomic E-state index is 5.96. The van der Waals surface area contributed by atoms with Crippen LogP contribution in [0, 0.1) is 0 Å². The molecule has 0 amide bonds. The molecule has 1 saturated heterocycles. The van der Waals surface area contributed by atoms with Crippen LogP contribution in [0.3, 0.4) is 0 Å². The fourth-order valence-corrected chi connectivity index (χ4v) is 2.03. The van der Waals surface area contributed by atoms with Crippen LogP contribution in [0.4, 0.5) is 0 Å². The number of hydrogen-bond acceptors (Lipinski definition) is 2. The minimum Gasteiger partial charge on any atom is -0.314 e. The van der Waals surface area contributed by atoms with E-state index in [4.69, 9.17) is 11.6 Å². The Kier molecular flexibility index (Phi) is 4.80. The lowest BCUT2D eigenvalue weighted by Crippen LogP contribution is -2.39. The van der Waals surface area contributed by atoms with E-state index in [9.17, 15) is 0 Å². The summed E-state index contributed by atoms with van der Waals surface area (Å²) in [7, 11) is 0. The Hall–Kier alpha value is -1.09. The van der Waals surface area contributed by atoms with E-state index in [-0.39, 0.29) is 0 Å². The lowest BCUT2D eigenvalue weighted by molar-refractivity contribution is 0.534. The molecule has 0 spiro atoms. The summed E-state index contributed by atoms with van der Waals surface area (Å²) < 4.78 is 0. The Balaban J connectivity index is 0.000000153. The van der Waals surface area contributed by atoms with Crippen LogP contribution in [0.15, 0.2) is 42.5 Å². The van der Waals surface area contributed by atoms with Crippen LogP contribution in [0.1, 0.15) is 0 Å². The molecule has 1 aliphatic rings. The molecule has 17 heavy (non-hydrogen) atoms. The third-order valence-corrected chi connectivity index (χ3v) is 3.02. The average Bonchev–Trinajstić information content (AvgIpc) is 2.42. The lowest BCUT2D eigenvalue weighted by Gasteiger charge is -2.11. The summed E-state index contributed by atoms with van der Waals surface area (Å²) in [4.78, 5) is 0. The van der Waals surface area contributed by atoms with Gasteiger partial charge in [0, 0.05) is 36.6 Å². The predicted octanol–water partition coefficient (Wildman–Crippen LogP) is 2.67. The van der Waals surface area contributed by atoms with Gasteiger partial charge in [-0.15, -0.1) is 0 Å². The molecular weight excluding hydrogens is 232 g/mol. The second kappa shape index (κ2) is 6.60. The minimum atomic E-state index is 0.822. The molecule has 3 heteroatoms. The molecule has 1 fully saturated rings. The molecule has 2 aromatic rings. The van der Waals surface area contributed by atoms with Crippen molar-refractivity contribution < 1.29 is 0 Å². The van der Waals surface area contributed by atoms with Crippen molar-refractivity contribution in [2.75, 3.05) is 26.2 Å². The van der Waals surface area contributed by atoms with Crippen molar-refractivity contribution in [3.05, 3.63) is 47.5 Å². The molecule has 0 saturated carbocycles. The normalized spacial score (nSPS) is 15.1. The number of fused-ring (bicyclic) bond motifs is 1. The van der Waals surface area contributed by atoms with Crippen LogP contribution in [0.5, 0.6) is 0 Å². The quantitative estimate of drug-likeness (QED) is 0.749. The van der Waals surface area contributed by atoms with Gasteiger partial charge < -0.3 is 10.6 Å². The Labute approximate surface area is 107 Å². The molecule has 0 unspecified atom stereocenters. The fraction of sp³-hybridized carbons (Fsp3) is 0.286. The van der Waals surface area contributed by atoms with Crippen LogP contribution in [-0.2, 0) is 0 Å². The summed E-state index contributed by atoms with van der Waals surface area (Å²) >= 11 is 5.96. The van der Waals surface area contributed by atoms with Gasteiger partial charge >= 0.3 is 0 Å². The SMILES string of the molecule is C1CNCCN1.Clc1cccc2ccccc12. The standard InChI is InChI=1S/C10H7Cl.C4H10N2/c11-10-7-3-5-8-4-1-2-6-9(8)10;1-2-6-4-3-5-1/h1-7H;5-6H,1-4H2. The molecule has 90 valence electrons. The van der Waals surface area contributed by atoms with E-state index >= 15 is 0 Å². The number of halogens is 1. The van der Waals surface area contributed by atoms with Gasteiger partial charge in [-0.2, -0.15) is 0 Å². The van der Waals surface area contributed by atoms with E-state index < -0.39 is 0 Å². The van der Waals surface area contributed by atoms with Gasteiger partial charge in [0.2, 0.25) is 0 Å². The van der Waals surface area contributed by atoms with Gasteiger partial charge in [-0.3, -0.25) is 0 Å². The number of benzene rings is 2. The van der Waals surface area contributed by atoms with Crippen molar-refractivity contribution in [2.45, 2.75) is 0 Å². The van der Waals surface area contributed by atoms with Crippen LogP contribution in [0.2, 0.25) is 5.02 Å². The number of nitrogens with one attached hydrogen (secondary N) is 2. The molecule has 0 radical (unpaired) electrons. The zero-order chi connectivity index (χ0) is 11.9. The van der Waals surface area contributed by atoms with E-state index in [1.807, 2.05) is 30.3 Å². The Bertz CT molecular complexity index is 450. The summed E-state index contributed by atoms with van der Waals surface area (Å²) in [6.07, 6.45) is 0. The molecule has 2 aromatic carbocycles. The van der Waals surface area contributed by atoms with E-state index in [1.165, 1.54) is 5.39 Å². The zero-order valence-electron chi connectivity index (χ0n) is 9.75. The third-order valence-electron chi connectivity index (χ3n) is 2.69. The molecule has 0 aromatic heterocycles. The van der Waals surface area contributed by atoms with Crippen molar-refractivity contribution in [2.24, 2.45) is 0 Å². The summed E-state index contributed by atoms with van der Waals surface area (Å²) in [5.74, 6) is 0. The first-order valence-electron chi connectivity index (χ1n) is 5.92. The molecule has 2 nitrogen and oxygen atoms in total. The Morgan fingerprint density at radius 2 is 1.35 bits per heavy atom. The number of piperazine rings is 1. The van der Waals surface area contributed by atoms with Crippen LogP contribution in [0.25, 0.3) is 10.8 Å². The molecule has 0 atom stereocenters. The molecule has 0 bridgehead atoms. The second-order valence-electron chi connectivity index (χ2n) is 3.96. The van der Waals surface area contributed by atoms with Crippen molar-refractivity contribution in [1.82, 2.24) is 10.6 Å². The fourth-order valence-electron chi connectivity index (χ4n) is 1.79. The van der Waals surface area contributed by atoms with E-state index in [2.05, 4.69) is 22.8 Å². The summed E-state index contributed by atoms with van der Waals surface area (Å²) in [6.45, 7) is 4.56. The van der Waals surface area contributed by atoms with Gasteiger partial charge in [-0.25, -0.2) is 0 Å². The first-order chi connectivity index (χ1) is 8.38. The highest BCUT2D eigenvalue weighted by molar-refractivity contribution is 6.35. The van der Waals surface area contributed by atoms with Crippen LogP contribution >= 0.6 is 11.6 Å². The van der Waals surface area contributed by atoms with E-state index in [0.29, 0.717) is 0 Å². The van der Waals surface area contributed by atoms with Crippen molar-refractivity contribution in [1.29, 1.82) is 0 Å². The lowest BCUT2D eigenvalue weighted by atomic mass is 10.1. The van der Waals surface area contributed by atoms with Gasteiger partial charge in [-0.05, 0) is 11.5 Å². The minimum absolute atomic E-state index is 0.822. The molecule has 3 rings (SSSR count). The smallest absolute Gasteiger partial charge is 0.0484 e. The first kappa shape index (κ1) is 12.4. The maximum absolute atomic E-state index is 5.96.